The minimum Gasteiger partial charge on any atom is -0.492 e. The predicted molar refractivity (Wildman–Crippen MR) is 81.2 cm³/mol. The number of anilines is 2. The summed E-state index contributed by atoms with van der Waals surface area (Å²) < 4.78 is 5.63. The average Bonchev–Trinajstić information content (AvgIpc) is 2.45. The van der Waals surface area contributed by atoms with E-state index >= 15 is 0 Å². The Morgan fingerprint density at radius 2 is 1.79 bits per heavy atom. The van der Waals surface area contributed by atoms with Crippen molar-refractivity contribution in [3.63, 3.8) is 0 Å². The van der Waals surface area contributed by atoms with Crippen LogP contribution in [0.15, 0.2) is 54.6 Å². The number of nitrogens with one attached hydrogen (secondary N) is 1. The van der Waals surface area contributed by atoms with Crippen molar-refractivity contribution in [2.45, 2.75) is 0 Å². The van der Waals surface area contributed by atoms with E-state index in [1.54, 1.807) is 0 Å². The lowest BCUT2D eigenvalue weighted by molar-refractivity contribution is 0.333. The highest BCUT2D eigenvalue weighted by atomic mass is 16.5. The Morgan fingerprint density at radius 1 is 1.00 bits per heavy atom. The Balaban J connectivity index is 1.78. The standard InChI is InChI=1S/C16H20N2O/c1-18(2)15-8-6-7-14(13-15)17-11-12-19-16-9-4-3-5-10-16/h3-10,13,17H,11-12H2,1-2H3. The first-order chi connectivity index (χ1) is 9.25. The fourth-order valence-electron chi connectivity index (χ4n) is 1.78. The van der Waals surface area contributed by atoms with Gasteiger partial charge >= 0.3 is 0 Å². The summed E-state index contributed by atoms with van der Waals surface area (Å²) in [6, 6.07) is 18.2. The highest BCUT2D eigenvalue weighted by Crippen LogP contribution is 2.17. The molecule has 2 aromatic carbocycles. The molecule has 0 amide bonds. The zero-order valence-corrected chi connectivity index (χ0v) is 11.5. The van der Waals surface area contributed by atoms with Gasteiger partial charge in [-0.25, -0.2) is 0 Å². The second-order valence-electron chi connectivity index (χ2n) is 4.53. The van der Waals surface area contributed by atoms with Crippen molar-refractivity contribution in [1.82, 2.24) is 0 Å². The number of para-hydroxylation sites is 1. The molecule has 0 aliphatic carbocycles. The van der Waals surface area contributed by atoms with Crippen LogP contribution in [-0.2, 0) is 0 Å². The van der Waals surface area contributed by atoms with Crippen molar-refractivity contribution < 1.29 is 4.74 Å². The number of ether oxygens (including phenoxy) is 1. The molecule has 0 radical (unpaired) electrons. The lowest BCUT2D eigenvalue weighted by atomic mass is 10.2. The summed E-state index contributed by atoms with van der Waals surface area (Å²) in [4.78, 5) is 2.09. The van der Waals surface area contributed by atoms with Crippen molar-refractivity contribution in [3.05, 3.63) is 54.6 Å². The first kappa shape index (κ1) is 13.3. The Hall–Kier alpha value is -2.16. The van der Waals surface area contributed by atoms with Gasteiger partial charge in [0, 0.05) is 32.0 Å². The van der Waals surface area contributed by atoms with Gasteiger partial charge in [0.05, 0.1) is 0 Å². The molecular formula is C16H20N2O. The highest BCUT2D eigenvalue weighted by Gasteiger charge is 1.97. The second kappa shape index (κ2) is 6.69. The van der Waals surface area contributed by atoms with E-state index in [0.717, 1.165) is 18.0 Å². The maximum absolute atomic E-state index is 5.63. The van der Waals surface area contributed by atoms with Crippen molar-refractivity contribution in [3.8, 4) is 5.75 Å². The minimum absolute atomic E-state index is 0.649. The monoisotopic (exact) mass is 256 g/mol. The van der Waals surface area contributed by atoms with E-state index in [1.807, 2.05) is 44.4 Å². The maximum atomic E-state index is 5.63. The van der Waals surface area contributed by atoms with Gasteiger partial charge in [0.15, 0.2) is 0 Å². The van der Waals surface area contributed by atoms with E-state index in [9.17, 15) is 0 Å². The number of hydrogen-bond acceptors (Lipinski definition) is 3. The van der Waals surface area contributed by atoms with Crippen LogP contribution in [0, 0.1) is 0 Å². The summed E-state index contributed by atoms with van der Waals surface area (Å²) in [5.74, 6) is 0.909. The molecule has 3 heteroatoms. The largest absolute Gasteiger partial charge is 0.492 e. The molecule has 3 nitrogen and oxygen atoms in total. The van der Waals surface area contributed by atoms with Gasteiger partial charge in [-0.1, -0.05) is 24.3 Å². The van der Waals surface area contributed by atoms with E-state index < -0.39 is 0 Å². The van der Waals surface area contributed by atoms with Crippen LogP contribution in [0.5, 0.6) is 5.75 Å². The summed E-state index contributed by atoms with van der Waals surface area (Å²) in [5.41, 5.74) is 2.30. The molecule has 0 heterocycles. The third-order valence-corrected chi connectivity index (χ3v) is 2.81. The summed E-state index contributed by atoms with van der Waals surface area (Å²) in [5, 5.41) is 3.36. The van der Waals surface area contributed by atoms with E-state index in [0.29, 0.717) is 6.61 Å². The lowest BCUT2D eigenvalue weighted by Gasteiger charge is -2.14. The molecule has 0 atom stereocenters. The Morgan fingerprint density at radius 3 is 2.53 bits per heavy atom. The normalized spacial score (nSPS) is 10.0. The molecule has 2 aromatic rings. The van der Waals surface area contributed by atoms with Crippen LogP contribution in [0.2, 0.25) is 0 Å². The number of nitrogens with zero attached hydrogens (tertiary/aromatic N) is 1. The van der Waals surface area contributed by atoms with Crippen LogP contribution in [0.25, 0.3) is 0 Å². The van der Waals surface area contributed by atoms with Crippen molar-refractivity contribution in [2.75, 3.05) is 37.5 Å². The van der Waals surface area contributed by atoms with Gasteiger partial charge < -0.3 is 15.0 Å². The molecule has 1 N–H and O–H groups in total. The fourth-order valence-corrected chi connectivity index (χ4v) is 1.78. The SMILES string of the molecule is CN(C)c1cccc(NCCOc2ccccc2)c1. The Bertz CT molecular complexity index is 497. The lowest BCUT2D eigenvalue weighted by Crippen LogP contribution is -2.12. The quantitative estimate of drug-likeness (QED) is 0.803. The van der Waals surface area contributed by atoms with E-state index in [4.69, 9.17) is 4.74 Å². The molecule has 0 fully saturated rings. The van der Waals surface area contributed by atoms with Gasteiger partial charge in [0.2, 0.25) is 0 Å². The van der Waals surface area contributed by atoms with Gasteiger partial charge in [-0.15, -0.1) is 0 Å². The molecule has 19 heavy (non-hydrogen) atoms. The molecule has 0 aromatic heterocycles. The molecule has 0 spiro atoms. The fraction of sp³-hybridized carbons (Fsp3) is 0.250. The number of hydrogen-bond donors (Lipinski definition) is 1. The minimum atomic E-state index is 0.649. The maximum Gasteiger partial charge on any atom is 0.119 e. The summed E-state index contributed by atoms with van der Waals surface area (Å²) in [7, 11) is 4.08. The van der Waals surface area contributed by atoms with Gasteiger partial charge in [0.1, 0.15) is 12.4 Å². The first-order valence-corrected chi connectivity index (χ1v) is 6.45. The molecule has 0 aliphatic heterocycles. The van der Waals surface area contributed by atoms with Crippen LogP contribution in [0.3, 0.4) is 0 Å². The Labute approximate surface area is 114 Å². The first-order valence-electron chi connectivity index (χ1n) is 6.45. The van der Waals surface area contributed by atoms with Crippen LogP contribution in [0.4, 0.5) is 11.4 Å². The average molecular weight is 256 g/mol. The van der Waals surface area contributed by atoms with Crippen LogP contribution in [0.1, 0.15) is 0 Å². The number of rotatable bonds is 6. The third-order valence-electron chi connectivity index (χ3n) is 2.81. The Kier molecular flexibility index (Phi) is 4.67. The topological polar surface area (TPSA) is 24.5 Å². The second-order valence-corrected chi connectivity index (χ2v) is 4.53. The van der Waals surface area contributed by atoms with Crippen molar-refractivity contribution >= 4 is 11.4 Å². The zero-order valence-electron chi connectivity index (χ0n) is 11.5. The number of benzene rings is 2. The summed E-state index contributed by atoms with van der Waals surface area (Å²) in [6.07, 6.45) is 0. The van der Waals surface area contributed by atoms with Crippen LogP contribution < -0.4 is 15.0 Å². The van der Waals surface area contributed by atoms with Gasteiger partial charge in [-0.05, 0) is 30.3 Å². The summed E-state index contributed by atoms with van der Waals surface area (Å²) >= 11 is 0. The van der Waals surface area contributed by atoms with Gasteiger partial charge in [-0.2, -0.15) is 0 Å². The molecule has 0 unspecified atom stereocenters. The molecule has 100 valence electrons. The molecular weight excluding hydrogens is 236 g/mol. The molecule has 0 saturated carbocycles. The van der Waals surface area contributed by atoms with Crippen LogP contribution in [-0.4, -0.2) is 27.2 Å². The van der Waals surface area contributed by atoms with Crippen molar-refractivity contribution in [2.24, 2.45) is 0 Å². The summed E-state index contributed by atoms with van der Waals surface area (Å²) in [6.45, 7) is 1.43. The molecule has 0 aliphatic rings. The molecule has 0 bridgehead atoms. The van der Waals surface area contributed by atoms with Gasteiger partial charge in [-0.3, -0.25) is 0 Å². The predicted octanol–water partition coefficient (Wildman–Crippen LogP) is 3.24. The van der Waals surface area contributed by atoms with Gasteiger partial charge in [0.25, 0.3) is 0 Å². The zero-order chi connectivity index (χ0) is 13.5. The smallest absolute Gasteiger partial charge is 0.119 e. The van der Waals surface area contributed by atoms with E-state index in [1.165, 1.54) is 5.69 Å². The highest BCUT2D eigenvalue weighted by molar-refractivity contribution is 5.57. The van der Waals surface area contributed by atoms with Crippen molar-refractivity contribution in [1.29, 1.82) is 0 Å². The molecule has 0 saturated heterocycles. The van der Waals surface area contributed by atoms with E-state index in [2.05, 4.69) is 34.5 Å². The van der Waals surface area contributed by atoms with E-state index in [-0.39, 0.29) is 0 Å². The molecule has 2 rings (SSSR count). The third kappa shape index (κ3) is 4.21. The van der Waals surface area contributed by atoms with Crippen LogP contribution >= 0.6 is 0 Å².